The molecule has 0 aliphatic carbocycles. The van der Waals surface area contributed by atoms with Crippen molar-refractivity contribution in [1.82, 2.24) is 10.2 Å². The number of nitrogens with zero attached hydrogens (tertiary/aromatic N) is 3. The molecule has 3 N–H and O–H groups in total. The molecule has 24 heavy (non-hydrogen) atoms. The molecule has 0 bridgehead atoms. The normalized spacial score (nSPS) is 16.5. The number of nitro benzene ring substituents is 1. The van der Waals surface area contributed by atoms with Crippen molar-refractivity contribution in [2.45, 2.75) is 25.7 Å². The van der Waals surface area contributed by atoms with Gasteiger partial charge in [-0.3, -0.25) is 15.2 Å². The molecule has 2 aromatic rings. The Bertz CT molecular complexity index is 891. The number of nitriles is 1. The molecule has 1 aliphatic heterocycles. The fourth-order valence-corrected chi connectivity index (χ4v) is 2.86. The molecule has 1 aromatic heterocycles. The van der Waals surface area contributed by atoms with Crippen molar-refractivity contribution >= 4 is 5.69 Å². The van der Waals surface area contributed by atoms with Crippen LogP contribution in [0, 0.1) is 21.4 Å². The van der Waals surface area contributed by atoms with Gasteiger partial charge < -0.3 is 10.5 Å². The molecule has 0 fully saturated rings. The van der Waals surface area contributed by atoms with Crippen molar-refractivity contribution in [1.29, 1.82) is 5.26 Å². The third-order valence-electron chi connectivity index (χ3n) is 3.96. The summed E-state index contributed by atoms with van der Waals surface area (Å²) in [5, 5.41) is 27.7. The van der Waals surface area contributed by atoms with Crippen LogP contribution in [0.1, 0.15) is 42.5 Å². The number of fused-ring (bicyclic) bond motifs is 1. The number of hydrogen-bond acceptors (Lipinski definition) is 6. The topological polar surface area (TPSA) is 131 Å². The number of benzene rings is 1. The molecule has 122 valence electrons. The van der Waals surface area contributed by atoms with Crippen LogP contribution < -0.4 is 10.5 Å². The summed E-state index contributed by atoms with van der Waals surface area (Å²) >= 11 is 0. The summed E-state index contributed by atoms with van der Waals surface area (Å²) in [6.45, 7) is 3.96. The minimum atomic E-state index is -0.560. The molecule has 0 radical (unpaired) electrons. The first-order valence-electron chi connectivity index (χ1n) is 7.34. The zero-order valence-corrected chi connectivity index (χ0v) is 13.1. The van der Waals surface area contributed by atoms with Crippen LogP contribution in [0.4, 0.5) is 5.69 Å². The van der Waals surface area contributed by atoms with Crippen LogP contribution in [0.25, 0.3) is 0 Å². The van der Waals surface area contributed by atoms with E-state index in [9.17, 15) is 15.4 Å². The lowest BCUT2D eigenvalue weighted by molar-refractivity contribution is -0.384. The van der Waals surface area contributed by atoms with Crippen LogP contribution in [0.2, 0.25) is 0 Å². The number of aromatic amines is 1. The third-order valence-corrected chi connectivity index (χ3v) is 3.96. The number of rotatable bonds is 3. The number of nitrogens with one attached hydrogen (secondary N) is 1. The number of aromatic nitrogens is 2. The lowest BCUT2D eigenvalue weighted by atomic mass is 9.82. The van der Waals surface area contributed by atoms with Gasteiger partial charge in [-0.05, 0) is 11.5 Å². The number of non-ortho nitro benzene ring substituents is 1. The number of hydrogen-bond donors (Lipinski definition) is 2. The summed E-state index contributed by atoms with van der Waals surface area (Å²) in [4.78, 5) is 10.6. The van der Waals surface area contributed by atoms with Gasteiger partial charge in [0, 0.05) is 17.8 Å². The summed E-state index contributed by atoms with van der Waals surface area (Å²) in [5.41, 5.74) is 8.12. The van der Waals surface area contributed by atoms with E-state index in [-0.39, 0.29) is 23.1 Å². The van der Waals surface area contributed by atoms with Gasteiger partial charge in [0.05, 0.1) is 16.4 Å². The Morgan fingerprint density at radius 1 is 1.50 bits per heavy atom. The molecule has 1 atom stereocenters. The van der Waals surface area contributed by atoms with Gasteiger partial charge in [0.2, 0.25) is 11.8 Å². The molecule has 0 unspecified atom stereocenters. The van der Waals surface area contributed by atoms with E-state index in [0.717, 1.165) is 5.69 Å². The lowest BCUT2D eigenvalue weighted by Gasteiger charge is -2.24. The van der Waals surface area contributed by atoms with Gasteiger partial charge >= 0.3 is 0 Å². The largest absolute Gasteiger partial charge is 0.420 e. The van der Waals surface area contributed by atoms with Crippen molar-refractivity contribution in [2.75, 3.05) is 0 Å². The van der Waals surface area contributed by atoms with E-state index in [1.54, 1.807) is 12.1 Å². The number of allylic oxidation sites excluding steroid dienone is 1. The maximum Gasteiger partial charge on any atom is 0.269 e. The molecule has 0 spiro atoms. The Kier molecular flexibility index (Phi) is 3.69. The smallest absolute Gasteiger partial charge is 0.269 e. The zero-order valence-electron chi connectivity index (χ0n) is 13.1. The number of nitro groups is 1. The molecule has 0 saturated heterocycles. The van der Waals surface area contributed by atoms with E-state index in [2.05, 4.69) is 16.3 Å². The van der Waals surface area contributed by atoms with Gasteiger partial charge in [-0.25, -0.2) is 0 Å². The van der Waals surface area contributed by atoms with Gasteiger partial charge in [-0.15, -0.1) is 5.10 Å². The van der Waals surface area contributed by atoms with Gasteiger partial charge in [-0.2, -0.15) is 5.26 Å². The minimum Gasteiger partial charge on any atom is -0.420 e. The van der Waals surface area contributed by atoms with Gasteiger partial charge in [-0.1, -0.05) is 26.0 Å². The first-order valence-corrected chi connectivity index (χ1v) is 7.34. The van der Waals surface area contributed by atoms with E-state index in [1.165, 1.54) is 12.1 Å². The van der Waals surface area contributed by atoms with Crippen molar-refractivity contribution in [3.05, 3.63) is 62.7 Å². The summed E-state index contributed by atoms with van der Waals surface area (Å²) in [5.74, 6) is -0.199. The Labute approximate surface area is 137 Å². The van der Waals surface area contributed by atoms with Crippen molar-refractivity contribution in [3.63, 3.8) is 0 Å². The fraction of sp³-hybridized carbons (Fsp3) is 0.250. The van der Waals surface area contributed by atoms with Gasteiger partial charge in [0.25, 0.3) is 5.69 Å². The second-order valence-corrected chi connectivity index (χ2v) is 5.79. The second kappa shape index (κ2) is 5.70. The molecule has 1 aliphatic rings. The SMILES string of the molecule is CC(C)c1[nH]nc2c1[C@@H](c1cccc([N+](=O)[O-])c1)C(C#N)=C(N)O2. The highest BCUT2D eigenvalue weighted by atomic mass is 16.6. The highest BCUT2D eigenvalue weighted by Gasteiger charge is 2.36. The molecule has 2 heterocycles. The highest BCUT2D eigenvalue weighted by molar-refractivity contribution is 5.56. The standard InChI is InChI=1S/C16H15N5O3/c1-8(2)14-13-12(9-4-3-5-10(6-9)21(22)23)11(7-17)15(18)24-16(13)20-19-14/h3-6,8,12H,18H2,1-2H3,(H,19,20)/t12-/m0/s1. The molecule has 3 rings (SSSR count). The van der Waals surface area contributed by atoms with Crippen LogP contribution in [0.5, 0.6) is 5.88 Å². The summed E-state index contributed by atoms with van der Waals surface area (Å²) < 4.78 is 5.45. The maximum atomic E-state index is 11.1. The molecular weight excluding hydrogens is 310 g/mol. The van der Waals surface area contributed by atoms with Crippen LogP contribution in [0.3, 0.4) is 0 Å². The molecular formula is C16H15N5O3. The average molecular weight is 325 g/mol. The van der Waals surface area contributed by atoms with Gasteiger partial charge in [0.15, 0.2) is 0 Å². The van der Waals surface area contributed by atoms with E-state index in [0.29, 0.717) is 17.0 Å². The van der Waals surface area contributed by atoms with Gasteiger partial charge in [0.1, 0.15) is 11.6 Å². The molecule has 0 amide bonds. The van der Waals surface area contributed by atoms with E-state index >= 15 is 0 Å². The van der Waals surface area contributed by atoms with Crippen molar-refractivity contribution in [3.8, 4) is 11.9 Å². The number of H-pyrrole nitrogens is 1. The Morgan fingerprint density at radius 3 is 2.88 bits per heavy atom. The highest BCUT2D eigenvalue weighted by Crippen LogP contribution is 2.44. The predicted molar refractivity (Wildman–Crippen MR) is 85.1 cm³/mol. The van der Waals surface area contributed by atoms with Crippen molar-refractivity contribution in [2.24, 2.45) is 5.73 Å². The van der Waals surface area contributed by atoms with Crippen LogP contribution >= 0.6 is 0 Å². The predicted octanol–water partition coefficient (Wildman–Crippen LogP) is 2.66. The first-order chi connectivity index (χ1) is 11.4. The number of ether oxygens (including phenoxy) is 1. The van der Waals surface area contributed by atoms with Crippen LogP contribution in [0.15, 0.2) is 35.7 Å². The Balaban J connectivity index is 2.25. The van der Waals surface area contributed by atoms with E-state index in [4.69, 9.17) is 10.5 Å². The number of nitrogens with two attached hydrogens (primary N) is 1. The Hall–Kier alpha value is -3.34. The zero-order chi connectivity index (χ0) is 17.4. The summed E-state index contributed by atoms with van der Waals surface area (Å²) in [7, 11) is 0. The van der Waals surface area contributed by atoms with Crippen LogP contribution in [-0.4, -0.2) is 15.1 Å². The third kappa shape index (κ3) is 2.36. The molecule has 1 aromatic carbocycles. The summed E-state index contributed by atoms with van der Waals surface area (Å²) in [6.07, 6.45) is 0. The maximum absolute atomic E-state index is 11.1. The quantitative estimate of drug-likeness (QED) is 0.658. The second-order valence-electron chi connectivity index (χ2n) is 5.79. The average Bonchev–Trinajstić information content (AvgIpc) is 2.97. The lowest BCUT2D eigenvalue weighted by Crippen LogP contribution is -2.21. The van der Waals surface area contributed by atoms with E-state index < -0.39 is 10.8 Å². The Morgan fingerprint density at radius 2 is 2.25 bits per heavy atom. The minimum absolute atomic E-state index is 0.0386. The van der Waals surface area contributed by atoms with E-state index in [1.807, 2.05) is 13.8 Å². The monoisotopic (exact) mass is 325 g/mol. The first kappa shape index (κ1) is 15.6. The molecule has 8 nitrogen and oxygen atoms in total. The molecule has 0 saturated carbocycles. The summed E-state index contributed by atoms with van der Waals surface area (Å²) in [6, 6.07) is 8.23. The molecule has 8 heteroatoms. The van der Waals surface area contributed by atoms with Crippen molar-refractivity contribution < 1.29 is 9.66 Å². The van der Waals surface area contributed by atoms with Crippen LogP contribution in [-0.2, 0) is 0 Å². The fourth-order valence-electron chi connectivity index (χ4n) is 2.86.